The van der Waals surface area contributed by atoms with E-state index in [1.54, 1.807) is 60.7 Å². The topological polar surface area (TPSA) is 75.6 Å². The molecule has 0 saturated heterocycles. The first-order valence-corrected chi connectivity index (χ1v) is 22.5. The number of nitriles is 1. The molecule has 6 heteroatoms. The molecule has 0 fully saturated rings. The van der Waals surface area contributed by atoms with Gasteiger partial charge in [0.1, 0.15) is 5.58 Å². The number of aromatic nitrogens is 3. The number of hydrogen-bond donors (Lipinski definition) is 0. The van der Waals surface area contributed by atoms with Crippen LogP contribution in [0.1, 0.15) is 83.2 Å². The Kier molecular flexibility index (Phi) is 10.8. The number of nitrogens with zero attached hydrogens (tertiary/aromatic N) is 4. The number of rotatable bonds is 13. The van der Waals surface area contributed by atoms with Crippen LogP contribution in [0, 0.1) is 36.4 Å². The third kappa shape index (κ3) is 9.99. The van der Waals surface area contributed by atoms with Crippen LogP contribution in [-0.4, -0.2) is 15.0 Å². The number of benzene rings is 6. The van der Waals surface area contributed by atoms with E-state index in [4.69, 9.17) is 24.9 Å². The monoisotopic (exact) mass is 1080 g/mol. The van der Waals surface area contributed by atoms with Crippen molar-refractivity contribution in [2.45, 2.75) is 71.0 Å². The molecule has 10 rings (SSSR count). The maximum absolute atomic E-state index is 10.0. The minimum Gasteiger partial charge on any atom is -0.501 e. The summed E-state index contributed by atoms with van der Waals surface area (Å²) >= 11 is 0. The molecular weight excluding hydrogens is 1020 g/mol. The Balaban J connectivity index is 0.00000722. The maximum atomic E-state index is 10.0. The smallest absolute Gasteiger partial charge is 0.501 e. The molecule has 4 aromatic heterocycles. The second kappa shape index (κ2) is 19.7. The van der Waals surface area contributed by atoms with Gasteiger partial charge in [-0.15, -0.1) is 90.0 Å². The van der Waals surface area contributed by atoms with Gasteiger partial charge in [-0.1, -0.05) is 118 Å². The van der Waals surface area contributed by atoms with Gasteiger partial charge in [0.15, 0.2) is 0 Å². The number of furan rings is 1. The van der Waals surface area contributed by atoms with Crippen LogP contribution in [0.2, 0.25) is 0 Å². The van der Waals surface area contributed by atoms with E-state index in [9.17, 15) is 10.7 Å². The molecule has 0 unspecified atom stereocenters. The molecular formula is C63H51IrN4O. The van der Waals surface area contributed by atoms with Crippen molar-refractivity contribution in [2.24, 2.45) is 0 Å². The van der Waals surface area contributed by atoms with Gasteiger partial charge in [0.05, 0.1) is 18.6 Å². The average molecular weight is 1080 g/mol. The van der Waals surface area contributed by atoms with Crippen molar-refractivity contribution in [3.8, 4) is 51.0 Å². The van der Waals surface area contributed by atoms with Crippen LogP contribution < -0.4 is 0 Å². The number of pyridine rings is 3. The van der Waals surface area contributed by atoms with Crippen LogP contribution in [0.4, 0.5) is 0 Å². The summed E-state index contributed by atoms with van der Waals surface area (Å²) in [4.78, 5) is 14.4. The van der Waals surface area contributed by atoms with Crippen molar-refractivity contribution in [2.75, 3.05) is 0 Å². The van der Waals surface area contributed by atoms with E-state index in [1.807, 2.05) is 79.1 Å². The van der Waals surface area contributed by atoms with E-state index in [0.29, 0.717) is 34.8 Å². The Hall–Kier alpha value is -7.29. The number of aryl methyl sites for hydroxylation is 3. The Morgan fingerprint density at radius 3 is 1.84 bits per heavy atom. The van der Waals surface area contributed by atoms with Crippen LogP contribution in [0.15, 0.2) is 175 Å². The van der Waals surface area contributed by atoms with Gasteiger partial charge < -0.3 is 19.4 Å². The second-order valence-corrected chi connectivity index (χ2v) is 18.4. The van der Waals surface area contributed by atoms with Crippen molar-refractivity contribution >= 4 is 21.9 Å². The zero-order valence-electron chi connectivity index (χ0n) is 46.5. The van der Waals surface area contributed by atoms with E-state index in [1.165, 1.54) is 12.3 Å². The standard InChI is InChI=1S/C63H51N4O.Ir/c1-42-15-12-13-20-52(42)56-35-59(55-22-14-21-54-53-28-24-44(38-64)34-60(53)68-61(54)55)65-39-49(56)25-23-43-31-45(36-62(2,3)50-26-29-57(66-40-50)47-16-8-6-9-17-47)33-46(32-43)37-63(4,5)51-27-30-58(67-41-51)48-18-10-7-11-19-48;/h6-16,18,20-21,24,26-35,39-41H,23,25,36-37H2,1-5H3;/q-3;+3/i1D3,23D2,25D2,34D;. The summed E-state index contributed by atoms with van der Waals surface area (Å²) in [6.45, 7) is 5.81. The molecule has 0 spiro atoms. The Morgan fingerprint density at radius 2 is 1.25 bits per heavy atom. The molecule has 0 amide bonds. The molecule has 0 N–H and O–H groups in total. The molecule has 4 heterocycles. The van der Waals surface area contributed by atoms with Gasteiger partial charge in [-0.3, -0.25) is 0 Å². The molecule has 5 nitrogen and oxygen atoms in total. The fourth-order valence-electron chi connectivity index (χ4n) is 8.97. The van der Waals surface area contributed by atoms with Crippen LogP contribution in [0.3, 0.4) is 0 Å². The summed E-state index contributed by atoms with van der Waals surface area (Å²) in [7, 11) is 0. The third-order valence-corrected chi connectivity index (χ3v) is 12.6. The summed E-state index contributed by atoms with van der Waals surface area (Å²) in [6.07, 6.45) is 0.316. The summed E-state index contributed by atoms with van der Waals surface area (Å²) in [5.41, 5.74) is 7.23. The van der Waals surface area contributed by atoms with E-state index in [2.05, 4.69) is 64.1 Å². The molecule has 0 saturated carbocycles. The molecule has 0 bridgehead atoms. The predicted molar refractivity (Wildman–Crippen MR) is 275 cm³/mol. The van der Waals surface area contributed by atoms with Crippen LogP contribution in [-0.2, 0) is 56.5 Å². The molecule has 6 aromatic carbocycles. The van der Waals surface area contributed by atoms with Gasteiger partial charge in [0.25, 0.3) is 0 Å². The SMILES string of the molecule is [2H]c1c(C#N)ccc2c1oc1c(-c3cc(-c4ccccc4C([2H])([2H])[2H])c(C([2H])([2H])C([2H])([2H])c4cc(CC(C)(C)c5ccc(-c6[c-]cccc6)nc5)cc(CC(C)(C)c5ccc(-c6[c-]cccc6)nc5)c4)cn3)[c-]ccc12.[Ir+3]. The second-order valence-electron chi connectivity index (χ2n) is 18.4. The zero-order chi connectivity index (χ0) is 53.8. The van der Waals surface area contributed by atoms with Gasteiger partial charge in [-0.05, 0) is 123 Å². The quantitative estimate of drug-likeness (QED) is 0.108. The van der Waals surface area contributed by atoms with E-state index < -0.39 is 30.4 Å². The summed E-state index contributed by atoms with van der Waals surface area (Å²) in [5, 5.41) is 10.9. The van der Waals surface area contributed by atoms with E-state index in [-0.39, 0.29) is 70.8 Å². The zero-order valence-corrected chi connectivity index (χ0v) is 40.9. The number of hydrogen-bond acceptors (Lipinski definition) is 5. The molecule has 10 aromatic rings. The largest absolute Gasteiger partial charge is 3.00 e. The van der Waals surface area contributed by atoms with Crippen LogP contribution >= 0.6 is 0 Å². The van der Waals surface area contributed by atoms with Crippen molar-refractivity contribution in [3.05, 3.63) is 233 Å². The molecule has 0 aliphatic rings. The average Bonchev–Trinajstić information content (AvgIpc) is 3.88. The molecule has 0 atom stereocenters. The van der Waals surface area contributed by atoms with Gasteiger partial charge >= 0.3 is 20.1 Å². The van der Waals surface area contributed by atoms with Crippen molar-refractivity contribution in [1.82, 2.24) is 15.0 Å². The molecule has 338 valence electrons. The Morgan fingerprint density at radius 1 is 0.623 bits per heavy atom. The summed E-state index contributed by atoms with van der Waals surface area (Å²) < 4.78 is 80.9. The fourth-order valence-corrected chi connectivity index (χ4v) is 8.97. The number of fused-ring (bicyclic) bond motifs is 3. The van der Waals surface area contributed by atoms with Crippen molar-refractivity contribution in [1.29, 1.82) is 5.26 Å². The van der Waals surface area contributed by atoms with Crippen LogP contribution in [0.25, 0.3) is 66.8 Å². The maximum Gasteiger partial charge on any atom is 3.00 e. The Bertz CT molecular complexity index is 3720. The van der Waals surface area contributed by atoms with Crippen molar-refractivity contribution < 1.29 is 35.5 Å². The minimum absolute atomic E-state index is 0. The van der Waals surface area contributed by atoms with Gasteiger partial charge in [0, 0.05) is 33.6 Å². The van der Waals surface area contributed by atoms with E-state index in [0.717, 1.165) is 44.8 Å². The first-order valence-electron chi connectivity index (χ1n) is 26.5. The predicted octanol–water partition coefficient (Wildman–Crippen LogP) is 14.8. The molecule has 0 aliphatic heterocycles. The minimum atomic E-state index is -2.85. The molecule has 0 aliphatic carbocycles. The fraction of sp³-hybridized carbons (Fsp3) is 0.175. The van der Waals surface area contributed by atoms with Gasteiger partial charge in [0.2, 0.25) is 0 Å². The Labute approximate surface area is 430 Å². The first-order chi connectivity index (χ1) is 36.2. The van der Waals surface area contributed by atoms with E-state index >= 15 is 0 Å². The van der Waals surface area contributed by atoms with Crippen LogP contribution in [0.5, 0.6) is 0 Å². The summed E-state index contributed by atoms with van der Waals surface area (Å²) in [5.74, 6) is 0. The molecule has 69 heavy (non-hydrogen) atoms. The third-order valence-electron chi connectivity index (χ3n) is 12.6. The molecule has 0 radical (unpaired) electrons. The summed E-state index contributed by atoms with van der Waals surface area (Å²) in [6, 6.07) is 55.2. The van der Waals surface area contributed by atoms with Gasteiger partial charge in [-0.2, -0.15) is 5.26 Å². The first kappa shape index (κ1) is 37.7. The van der Waals surface area contributed by atoms with Gasteiger partial charge in [-0.25, -0.2) is 0 Å². The van der Waals surface area contributed by atoms with Crippen molar-refractivity contribution in [3.63, 3.8) is 0 Å². The normalized spacial score (nSPS) is 14.0.